The molecule has 1 unspecified atom stereocenters. The van der Waals surface area contributed by atoms with Crippen LogP contribution in [-0.2, 0) is 9.59 Å². The lowest BCUT2D eigenvalue weighted by Gasteiger charge is -2.23. The number of amides is 1. The van der Waals surface area contributed by atoms with Crippen molar-refractivity contribution >= 4 is 44.1 Å². The first kappa shape index (κ1) is 27.4. The maximum absolute atomic E-state index is 13.6. The molecule has 8 heteroatoms. The first-order chi connectivity index (χ1) is 19.3. The van der Waals surface area contributed by atoms with Crippen molar-refractivity contribution in [2.75, 3.05) is 18.6 Å². The fourth-order valence-electron chi connectivity index (χ4n) is 5.03. The lowest BCUT2D eigenvalue weighted by atomic mass is 9.95. The molecule has 1 aliphatic rings. The Bertz CT molecular complexity index is 1610. The summed E-state index contributed by atoms with van der Waals surface area (Å²) < 4.78 is 12.2. The topological polar surface area (TPSA) is 89.0 Å². The second-order valence-electron chi connectivity index (χ2n) is 9.95. The molecule has 0 bridgehead atoms. The van der Waals surface area contributed by atoms with Crippen LogP contribution in [0.5, 0.6) is 11.5 Å². The molecule has 1 fully saturated rings. The molecule has 0 saturated carbocycles. The average Bonchev–Trinajstić information content (AvgIpc) is 3.49. The summed E-state index contributed by atoms with van der Waals surface area (Å²) in [7, 11) is 1.55. The van der Waals surface area contributed by atoms with Crippen molar-refractivity contribution in [1.82, 2.24) is 4.98 Å². The van der Waals surface area contributed by atoms with Gasteiger partial charge in [0.05, 0.1) is 35.5 Å². The van der Waals surface area contributed by atoms with Crippen LogP contribution < -0.4 is 14.4 Å². The zero-order valence-electron chi connectivity index (χ0n) is 23.1. The van der Waals surface area contributed by atoms with E-state index in [-0.39, 0.29) is 11.3 Å². The Morgan fingerprint density at radius 3 is 2.52 bits per heavy atom. The Balaban J connectivity index is 1.65. The highest BCUT2D eigenvalue weighted by molar-refractivity contribution is 7.22. The molecule has 1 saturated heterocycles. The molecule has 40 heavy (non-hydrogen) atoms. The number of aliphatic hydroxyl groups is 1. The summed E-state index contributed by atoms with van der Waals surface area (Å²) in [6.45, 7) is 6.70. The number of rotatable bonds is 9. The maximum atomic E-state index is 13.6. The molecule has 1 N–H and O–H groups in total. The Morgan fingerprint density at radius 1 is 1.02 bits per heavy atom. The van der Waals surface area contributed by atoms with Crippen LogP contribution in [-0.4, -0.2) is 35.5 Å². The molecule has 0 spiro atoms. The van der Waals surface area contributed by atoms with Gasteiger partial charge in [-0.2, -0.15) is 0 Å². The summed E-state index contributed by atoms with van der Waals surface area (Å²) in [4.78, 5) is 33.4. The van der Waals surface area contributed by atoms with Gasteiger partial charge in [-0.25, -0.2) is 4.98 Å². The summed E-state index contributed by atoms with van der Waals surface area (Å²) in [6.07, 6.45) is 3.09. The third-order valence-electron chi connectivity index (χ3n) is 7.02. The monoisotopic (exact) mass is 556 g/mol. The largest absolute Gasteiger partial charge is 0.507 e. The molecule has 5 rings (SSSR count). The molecule has 2 heterocycles. The second-order valence-corrected chi connectivity index (χ2v) is 11.0. The van der Waals surface area contributed by atoms with Crippen molar-refractivity contribution in [3.05, 3.63) is 88.5 Å². The third-order valence-corrected chi connectivity index (χ3v) is 8.02. The number of hydrogen-bond acceptors (Lipinski definition) is 7. The van der Waals surface area contributed by atoms with E-state index in [9.17, 15) is 14.7 Å². The summed E-state index contributed by atoms with van der Waals surface area (Å²) >= 11 is 1.35. The number of Topliss-reactive ketones (excluding diaryl/α,β-unsaturated/α-hetero) is 1. The average molecular weight is 557 g/mol. The predicted molar refractivity (Wildman–Crippen MR) is 158 cm³/mol. The van der Waals surface area contributed by atoms with Crippen LogP contribution in [0.25, 0.3) is 16.0 Å². The smallest absolute Gasteiger partial charge is 0.301 e. The van der Waals surface area contributed by atoms with Crippen molar-refractivity contribution in [2.45, 2.75) is 46.1 Å². The number of ketones is 1. The Morgan fingerprint density at radius 2 is 1.80 bits per heavy atom. The van der Waals surface area contributed by atoms with Gasteiger partial charge >= 0.3 is 5.91 Å². The predicted octanol–water partition coefficient (Wildman–Crippen LogP) is 7.12. The van der Waals surface area contributed by atoms with Crippen LogP contribution in [0.15, 0.2) is 66.2 Å². The van der Waals surface area contributed by atoms with Gasteiger partial charge in [0.15, 0.2) is 5.13 Å². The fraction of sp³-hybridized carbons (Fsp3) is 0.281. The van der Waals surface area contributed by atoms with Gasteiger partial charge in [-0.3, -0.25) is 14.5 Å². The fourth-order valence-corrected chi connectivity index (χ4v) is 6.20. The van der Waals surface area contributed by atoms with Crippen molar-refractivity contribution in [3.8, 4) is 11.5 Å². The number of ether oxygens (including phenoxy) is 2. The number of aliphatic hydroxyl groups excluding tert-OH is 1. The number of carbonyl (C=O) groups is 2. The Kier molecular flexibility index (Phi) is 7.89. The molecular weight excluding hydrogens is 524 g/mol. The first-order valence-electron chi connectivity index (χ1n) is 13.4. The minimum atomic E-state index is -0.886. The molecule has 7 nitrogen and oxygen atoms in total. The number of carbonyl (C=O) groups excluding carboxylic acids is 2. The van der Waals surface area contributed by atoms with E-state index >= 15 is 0 Å². The van der Waals surface area contributed by atoms with Crippen LogP contribution in [0.4, 0.5) is 5.13 Å². The molecule has 1 amide bonds. The highest BCUT2D eigenvalue weighted by Crippen LogP contribution is 2.45. The summed E-state index contributed by atoms with van der Waals surface area (Å²) in [5.74, 6) is -0.501. The Hall–Kier alpha value is -4.17. The van der Waals surface area contributed by atoms with Crippen LogP contribution in [0.1, 0.15) is 54.5 Å². The minimum Gasteiger partial charge on any atom is -0.507 e. The van der Waals surface area contributed by atoms with Gasteiger partial charge in [0.1, 0.15) is 17.3 Å². The van der Waals surface area contributed by atoms with E-state index in [1.165, 1.54) is 16.2 Å². The number of hydrogen-bond donors (Lipinski definition) is 1. The lowest BCUT2D eigenvalue weighted by Crippen LogP contribution is -2.29. The maximum Gasteiger partial charge on any atom is 0.301 e. The van der Waals surface area contributed by atoms with Crippen molar-refractivity contribution < 1.29 is 24.2 Å². The van der Waals surface area contributed by atoms with Gasteiger partial charge in [-0.15, -0.1) is 0 Å². The van der Waals surface area contributed by atoms with Gasteiger partial charge in [-0.1, -0.05) is 49.3 Å². The summed E-state index contributed by atoms with van der Waals surface area (Å²) in [5, 5.41) is 11.9. The van der Waals surface area contributed by atoms with Crippen LogP contribution >= 0.6 is 11.3 Å². The molecule has 4 aromatic rings. The number of fused-ring (bicyclic) bond motifs is 1. The van der Waals surface area contributed by atoms with Crippen LogP contribution in [0.3, 0.4) is 0 Å². The van der Waals surface area contributed by atoms with E-state index in [1.807, 2.05) is 50.2 Å². The molecular formula is C32H32N2O5S. The van der Waals surface area contributed by atoms with E-state index in [4.69, 9.17) is 14.5 Å². The SMILES string of the molecule is CCCCCOc1cccc(C2C(=C(O)c3ccc(OC)cc3)C(=O)C(=O)N2c2nc3c(C)cc(C)cc3s2)c1. The normalized spacial score (nSPS) is 16.6. The zero-order chi connectivity index (χ0) is 28.4. The second kappa shape index (κ2) is 11.5. The van der Waals surface area contributed by atoms with Crippen LogP contribution in [0.2, 0.25) is 0 Å². The Labute approximate surface area is 237 Å². The number of nitrogens with zero attached hydrogens (tertiary/aromatic N) is 2. The van der Waals surface area contributed by atoms with Gasteiger partial charge in [0.2, 0.25) is 0 Å². The summed E-state index contributed by atoms with van der Waals surface area (Å²) in [6, 6.07) is 17.3. The van der Waals surface area contributed by atoms with Crippen molar-refractivity contribution in [3.63, 3.8) is 0 Å². The molecule has 3 aromatic carbocycles. The highest BCUT2D eigenvalue weighted by atomic mass is 32.1. The quantitative estimate of drug-likeness (QED) is 0.102. The number of methoxy groups -OCH3 is 1. The van der Waals surface area contributed by atoms with E-state index < -0.39 is 17.7 Å². The van der Waals surface area contributed by atoms with E-state index in [0.29, 0.717) is 34.4 Å². The number of aryl methyl sites for hydroxylation is 2. The molecule has 0 radical (unpaired) electrons. The minimum absolute atomic E-state index is 0.00505. The molecule has 1 atom stereocenters. The molecule has 0 aliphatic carbocycles. The number of benzene rings is 3. The lowest BCUT2D eigenvalue weighted by molar-refractivity contribution is -0.132. The third kappa shape index (κ3) is 5.19. The number of unbranched alkanes of at least 4 members (excludes halogenated alkanes) is 2. The number of aromatic nitrogens is 1. The highest BCUT2D eigenvalue weighted by Gasteiger charge is 2.48. The van der Waals surface area contributed by atoms with Crippen LogP contribution in [0, 0.1) is 13.8 Å². The van der Waals surface area contributed by atoms with Crippen molar-refractivity contribution in [1.29, 1.82) is 0 Å². The standard InChI is InChI=1S/C32H32N2O5S/c1-5-6-7-15-39-24-10-8-9-22(18-24)28-26(29(35)21-11-13-23(38-4)14-12-21)30(36)31(37)34(28)32-33-27-20(3)16-19(2)17-25(27)40-32/h8-14,16-18,28,35H,5-7,15H2,1-4H3. The number of thiazole rings is 1. The van der Waals surface area contributed by atoms with E-state index in [0.717, 1.165) is 40.6 Å². The zero-order valence-corrected chi connectivity index (χ0v) is 23.9. The van der Waals surface area contributed by atoms with E-state index in [2.05, 4.69) is 6.92 Å². The molecule has 1 aromatic heterocycles. The van der Waals surface area contributed by atoms with Gasteiger partial charge in [0.25, 0.3) is 5.78 Å². The molecule has 206 valence electrons. The summed E-state index contributed by atoms with van der Waals surface area (Å²) in [5.41, 5.74) is 3.93. The first-order valence-corrected chi connectivity index (χ1v) is 14.2. The van der Waals surface area contributed by atoms with Gasteiger partial charge < -0.3 is 14.6 Å². The van der Waals surface area contributed by atoms with Gasteiger partial charge in [0, 0.05) is 5.56 Å². The van der Waals surface area contributed by atoms with Crippen molar-refractivity contribution in [2.24, 2.45) is 0 Å². The van der Waals surface area contributed by atoms with E-state index in [1.54, 1.807) is 31.4 Å². The number of anilines is 1. The molecule has 1 aliphatic heterocycles. The van der Waals surface area contributed by atoms with Gasteiger partial charge in [-0.05, 0) is 79.4 Å².